The first-order chi connectivity index (χ1) is 9.06. The number of amides is 1. The molecule has 8 heteroatoms. The second-order valence-corrected chi connectivity index (χ2v) is 4.22. The lowest BCUT2D eigenvalue weighted by Crippen LogP contribution is -2.28. The lowest BCUT2D eigenvalue weighted by atomic mass is 10.3. The van der Waals surface area contributed by atoms with Gasteiger partial charge in [-0.1, -0.05) is 0 Å². The predicted octanol–water partition coefficient (Wildman–Crippen LogP) is 0.599. The fourth-order valence-corrected chi connectivity index (χ4v) is 1.69. The van der Waals surface area contributed by atoms with Crippen molar-refractivity contribution in [2.24, 2.45) is 12.8 Å². The first-order valence-corrected chi connectivity index (χ1v) is 5.88. The van der Waals surface area contributed by atoms with Crippen molar-refractivity contribution in [3.63, 3.8) is 0 Å². The van der Waals surface area contributed by atoms with E-state index in [1.165, 1.54) is 4.68 Å². The van der Waals surface area contributed by atoms with Crippen LogP contribution in [0.2, 0.25) is 0 Å². The number of thiocarbonyl (C=S) groups is 1. The van der Waals surface area contributed by atoms with Crippen LogP contribution >= 0.6 is 12.2 Å². The van der Waals surface area contributed by atoms with E-state index in [4.69, 9.17) is 22.4 Å². The Hall–Kier alpha value is -2.35. The summed E-state index contributed by atoms with van der Waals surface area (Å²) in [6.45, 7) is 0.449. The van der Waals surface area contributed by atoms with Gasteiger partial charge in [0, 0.05) is 13.2 Å². The standard InChI is InChI=1S/C11H13N5O2S/c1-16-6-8(9(15-16)10(12)17)14-11(19)13-5-7-3-2-4-18-7/h2-4,6H,5H2,1H3,(H2,12,17)(H2,13,14,19). The number of hydrogen-bond acceptors (Lipinski definition) is 4. The SMILES string of the molecule is Cn1cc(NC(=S)NCc2ccco2)c(C(N)=O)n1. The number of aryl methyl sites for hydroxylation is 1. The zero-order valence-electron chi connectivity index (χ0n) is 10.2. The van der Waals surface area contributed by atoms with Crippen LogP contribution in [0.5, 0.6) is 0 Å². The Morgan fingerprint density at radius 2 is 2.42 bits per heavy atom. The molecule has 100 valence electrons. The third-order valence-corrected chi connectivity index (χ3v) is 2.56. The topological polar surface area (TPSA) is 98.1 Å². The van der Waals surface area contributed by atoms with Crippen molar-refractivity contribution < 1.29 is 9.21 Å². The summed E-state index contributed by atoms with van der Waals surface area (Å²) >= 11 is 5.11. The van der Waals surface area contributed by atoms with Crippen molar-refractivity contribution in [3.05, 3.63) is 36.0 Å². The Morgan fingerprint density at radius 1 is 1.63 bits per heavy atom. The Kier molecular flexibility index (Phi) is 3.81. The Labute approximate surface area is 114 Å². The van der Waals surface area contributed by atoms with Gasteiger partial charge in [-0.05, 0) is 24.4 Å². The minimum atomic E-state index is -0.614. The van der Waals surface area contributed by atoms with Crippen molar-refractivity contribution in [1.29, 1.82) is 0 Å². The van der Waals surface area contributed by atoms with Crippen LogP contribution in [0.15, 0.2) is 29.0 Å². The van der Waals surface area contributed by atoms with E-state index in [9.17, 15) is 4.79 Å². The summed E-state index contributed by atoms with van der Waals surface area (Å²) in [5, 5.41) is 10.1. The number of nitrogens with two attached hydrogens (primary N) is 1. The molecule has 2 rings (SSSR count). The molecule has 0 atom stereocenters. The van der Waals surface area contributed by atoms with Gasteiger partial charge in [-0.3, -0.25) is 9.48 Å². The first-order valence-electron chi connectivity index (χ1n) is 5.47. The van der Waals surface area contributed by atoms with E-state index < -0.39 is 5.91 Å². The van der Waals surface area contributed by atoms with Crippen LogP contribution in [0.4, 0.5) is 5.69 Å². The van der Waals surface area contributed by atoms with Crippen molar-refractivity contribution in [2.45, 2.75) is 6.54 Å². The van der Waals surface area contributed by atoms with Gasteiger partial charge in [0.25, 0.3) is 5.91 Å². The molecule has 0 saturated carbocycles. The molecule has 2 aromatic rings. The van der Waals surface area contributed by atoms with E-state index in [0.717, 1.165) is 5.76 Å². The maximum Gasteiger partial charge on any atom is 0.271 e. The number of anilines is 1. The van der Waals surface area contributed by atoms with E-state index in [2.05, 4.69) is 15.7 Å². The number of furan rings is 1. The predicted molar refractivity (Wildman–Crippen MR) is 73.5 cm³/mol. The number of primary amides is 1. The molecular weight excluding hydrogens is 266 g/mol. The molecule has 2 heterocycles. The highest BCUT2D eigenvalue weighted by molar-refractivity contribution is 7.80. The van der Waals surface area contributed by atoms with E-state index >= 15 is 0 Å². The molecule has 0 spiro atoms. The Morgan fingerprint density at radius 3 is 3.05 bits per heavy atom. The second kappa shape index (κ2) is 5.53. The molecule has 7 nitrogen and oxygen atoms in total. The van der Waals surface area contributed by atoms with Gasteiger partial charge in [0.2, 0.25) is 0 Å². The summed E-state index contributed by atoms with van der Waals surface area (Å²) in [4.78, 5) is 11.2. The first kappa shape index (κ1) is 13.1. The fraction of sp³-hybridized carbons (Fsp3) is 0.182. The molecule has 1 amide bonds. The quantitative estimate of drug-likeness (QED) is 0.709. The van der Waals surface area contributed by atoms with E-state index in [1.807, 2.05) is 6.07 Å². The van der Waals surface area contributed by atoms with Crippen LogP contribution in [0.3, 0.4) is 0 Å². The molecule has 0 bridgehead atoms. The number of carbonyl (C=O) groups is 1. The maximum absolute atomic E-state index is 11.2. The van der Waals surface area contributed by atoms with Crippen LogP contribution in [-0.2, 0) is 13.6 Å². The lowest BCUT2D eigenvalue weighted by Gasteiger charge is -2.08. The summed E-state index contributed by atoms with van der Waals surface area (Å²) in [6.07, 6.45) is 3.21. The smallest absolute Gasteiger partial charge is 0.271 e. The van der Waals surface area contributed by atoms with Crippen LogP contribution in [0, 0.1) is 0 Å². The number of carbonyl (C=O) groups excluding carboxylic acids is 1. The van der Waals surface area contributed by atoms with Gasteiger partial charge in [0.05, 0.1) is 18.5 Å². The van der Waals surface area contributed by atoms with Crippen LogP contribution < -0.4 is 16.4 Å². The minimum absolute atomic E-state index is 0.143. The maximum atomic E-state index is 11.2. The Balaban J connectivity index is 1.97. The molecule has 0 aliphatic carbocycles. The van der Waals surface area contributed by atoms with E-state index in [0.29, 0.717) is 17.3 Å². The number of rotatable bonds is 4. The van der Waals surface area contributed by atoms with Gasteiger partial charge >= 0.3 is 0 Å². The van der Waals surface area contributed by atoms with Gasteiger partial charge in [-0.15, -0.1) is 0 Å². The number of nitrogens with zero attached hydrogens (tertiary/aromatic N) is 2. The summed E-state index contributed by atoms with van der Waals surface area (Å²) in [7, 11) is 1.69. The van der Waals surface area contributed by atoms with Gasteiger partial charge in [0.1, 0.15) is 5.76 Å². The molecule has 19 heavy (non-hydrogen) atoms. The molecular formula is C11H13N5O2S. The van der Waals surface area contributed by atoms with Gasteiger partial charge < -0.3 is 20.8 Å². The van der Waals surface area contributed by atoms with Crippen LogP contribution in [-0.4, -0.2) is 20.8 Å². The molecule has 2 aromatic heterocycles. The summed E-state index contributed by atoms with van der Waals surface area (Å²) in [6, 6.07) is 3.62. The summed E-state index contributed by atoms with van der Waals surface area (Å²) in [5.74, 6) is 0.141. The fourth-order valence-electron chi connectivity index (χ4n) is 1.51. The Bertz CT molecular complexity index is 590. The zero-order valence-corrected chi connectivity index (χ0v) is 11.0. The minimum Gasteiger partial charge on any atom is -0.467 e. The average molecular weight is 279 g/mol. The van der Waals surface area contributed by atoms with Crippen molar-refractivity contribution >= 4 is 28.9 Å². The van der Waals surface area contributed by atoms with Crippen LogP contribution in [0.25, 0.3) is 0 Å². The number of aromatic nitrogens is 2. The average Bonchev–Trinajstić information content (AvgIpc) is 2.96. The van der Waals surface area contributed by atoms with E-state index in [1.54, 1.807) is 25.6 Å². The van der Waals surface area contributed by atoms with Crippen molar-refractivity contribution in [3.8, 4) is 0 Å². The third-order valence-electron chi connectivity index (χ3n) is 2.31. The lowest BCUT2D eigenvalue weighted by molar-refractivity contribution is 0.0995. The van der Waals surface area contributed by atoms with Crippen molar-refractivity contribution in [1.82, 2.24) is 15.1 Å². The van der Waals surface area contributed by atoms with Gasteiger partial charge in [-0.2, -0.15) is 5.10 Å². The summed E-state index contributed by atoms with van der Waals surface area (Å²) < 4.78 is 6.64. The molecule has 4 N–H and O–H groups in total. The molecule has 0 fully saturated rings. The molecule has 0 radical (unpaired) electrons. The number of nitrogens with one attached hydrogen (secondary N) is 2. The van der Waals surface area contributed by atoms with Gasteiger partial charge in [0.15, 0.2) is 10.8 Å². The number of hydrogen-bond donors (Lipinski definition) is 3. The monoisotopic (exact) mass is 279 g/mol. The van der Waals surface area contributed by atoms with Crippen molar-refractivity contribution in [2.75, 3.05) is 5.32 Å². The molecule has 0 aliphatic rings. The molecule has 0 aromatic carbocycles. The second-order valence-electron chi connectivity index (χ2n) is 3.82. The zero-order chi connectivity index (χ0) is 13.8. The largest absolute Gasteiger partial charge is 0.467 e. The molecule has 0 unspecified atom stereocenters. The third kappa shape index (κ3) is 3.32. The highest BCUT2D eigenvalue weighted by Crippen LogP contribution is 2.12. The van der Waals surface area contributed by atoms with E-state index in [-0.39, 0.29) is 5.69 Å². The molecule has 0 saturated heterocycles. The van der Waals surface area contributed by atoms with Gasteiger partial charge in [-0.25, -0.2) is 0 Å². The molecule has 0 aliphatic heterocycles. The van der Waals surface area contributed by atoms with Crippen LogP contribution in [0.1, 0.15) is 16.2 Å². The summed E-state index contributed by atoms with van der Waals surface area (Å²) in [5.41, 5.74) is 5.83. The normalized spacial score (nSPS) is 10.2. The highest BCUT2D eigenvalue weighted by atomic mass is 32.1. The highest BCUT2D eigenvalue weighted by Gasteiger charge is 2.13.